The van der Waals surface area contributed by atoms with Crippen molar-refractivity contribution >= 4 is 22.9 Å². The maximum Gasteiger partial charge on any atom is 0.103 e. The van der Waals surface area contributed by atoms with Gasteiger partial charge in [-0.05, 0) is 44.0 Å². The van der Waals surface area contributed by atoms with Crippen LogP contribution >= 0.6 is 12.2 Å². The number of aryl methyl sites for hydroxylation is 1. The molecule has 2 N–H and O–H groups in total. The topological polar surface area (TPSA) is 29.3 Å². The van der Waals surface area contributed by atoms with Gasteiger partial charge in [0.2, 0.25) is 0 Å². The van der Waals surface area contributed by atoms with Crippen LogP contribution in [0.5, 0.6) is 0 Å². The fraction of sp³-hybridized carbons (Fsp3) is 0.500. The predicted molar refractivity (Wildman–Crippen MR) is 79.8 cm³/mol. The minimum atomic E-state index is 0.462. The first-order valence-corrected chi connectivity index (χ1v) is 6.51. The zero-order valence-electron chi connectivity index (χ0n) is 11.2. The lowest BCUT2D eigenvalue weighted by molar-refractivity contribution is 0.615. The van der Waals surface area contributed by atoms with E-state index < -0.39 is 0 Å². The van der Waals surface area contributed by atoms with Gasteiger partial charge in [-0.2, -0.15) is 0 Å². The molecule has 0 aromatic heterocycles. The molecule has 0 saturated heterocycles. The van der Waals surface area contributed by atoms with Crippen LogP contribution in [0.25, 0.3) is 0 Å². The van der Waals surface area contributed by atoms with Crippen LogP contribution in [0.15, 0.2) is 18.2 Å². The zero-order chi connectivity index (χ0) is 13.0. The molecule has 3 heteroatoms. The van der Waals surface area contributed by atoms with Crippen LogP contribution < -0.4 is 10.6 Å². The van der Waals surface area contributed by atoms with Crippen LogP contribution in [-0.4, -0.2) is 18.1 Å². The molecule has 2 nitrogen and oxygen atoms in total. The fourth-order valence-electron chi connectivity index (χ4n) is 2.05. The van der Waals surface area contributed by atoms with Gasteiger partial charge < -0.3 is 10.6 Å². The van der Waals surface area contributed by atoms with Crippen LogP contribution in [0.3, 0.4) is 0 Å². The third kappa shape index (κ3) is 3.43. The van der Waals surface area contributed by atoms with E-state index >= 15 is 0 Å². The highest BCUT2D eigenvalue weighted by Gasteiger charge is 2.11. The minimum Gasteiger partial charge on any atom is -0.389 e. The Morgan fingerprint density at radius 2 is 2.12 bits per heavy atom. The lowest BCUT2D eigenvalue weighted by Crippen LogP contribution is -2.29. The second kappa shape index (κ2) is 6.01. The first-order chi connectivity index (χ1) is 7.97. The molecular formula is C14H22N2S. The smallest absolute Gasteiger partial charge is 0.103 e. The van der Waals surface area contributed by atoms with E-state index in [1.165, 1.54) is 24.1 Å². The van der Waals surface area contributed by atoms with Gasteiger partial charge in [0, 0.05) is 24.3 Å². The monoisotopic (exact) mass is 250 g/mol. The van der Waals surface area contributed by atoms with E-state index in [9.17, 15) is 0 Å². The summed E-state index contributed by atoms with van der Waals surface area (Å²) in [6.07, 6.45) is 2.41. The summed E-state index contributed by atoms with van der Waals surface area (Å²) < 4.78 is 0. The van der Waals surface area contributed by atoms with Crippen molar-refractivity contribution in [1.82, 2.24) is 0 Å². The van der Waals surface area contributed by atoms with E-state index in [0.717, 1.165) is 5.56 Å². The molecule has 0 bridgehead atoms. The van der Waals surface area contributed by atoms with Crippen molar-refractivity contribution in [2.45, 2.75) is 39.7 Å². The van der Waals surface area contributed by atoms with Crippen LogP contribution in [0, 0.1) is 6.92 Å². The van der Waals surface area contributed by atoms with Gasteiger partial charge >= 0.3 is 0 Å². The summed E-state index contributed by atoms with van der Waals surface area (Å²) in [7, 11) is 2.14. The molecule has 1 rings (SSSR count). The van der Waals surface area contributed by atoms with Gasteiger partial charge in [-0.15, -0.1) is 0 Å². The van der Waals surface area contributed by atoms with Crippen molar-refractivity contribution in [3.8, 4) is 0 Å². The number of benzene rings is 1. The van der Waals surface area contributed by atoms with Crippen LogP contribution in [0.2, 0.25) is 0 Å². The predicted octanol–water partition coefficient (Wildman–Crippen LogP) is 3.25. The molecule has 0 aliphatic heterocycles. The summed E-state index contributed by atoms with van der Waals surface area (Å²) in [6, 6.07) is 6.72. The van der Waals surface area contributed by atoms with Gasteiger partial charge in [-0.25, -0.2) is 0 Å². The Hall–Kier alpha value is -1.09. The SMILES string of the molecule is CCCC(C)N(C)c1ccc(C(N)=S)cc1C. The second-order valence-corrected chi connectivity index (χ2v) is 5.05. The number of nitrogens with two attached hydrogens (primary N) is 1. The quantitative estimate of drug-likeness (QED) is 0.813. The molecule has 1 aromatic carbocycles. The largest absolute Gasteiger partial charge is 0.389 e. The Balaban J connectivity index is 2.95. The Labute approximate surface area is 110 Å². The van der Waals surface area contributed by atoms with Crippen molar-refractivity contribution in [2.24, 2.45) is 5.73 Å². The Bertz CT molecular complexity index is 401. The van der Waals surface area contributed by atoms with E-state index in [1.807, 2.05) is 6.07 Å². The average Bonchev–Trinajstić information content (AvgIpc) is 2.28. The van der Waals surface area contributed by atoms with E-state index in [0.29, 0.717) is 11.0 Å². The molecule has 1 unspecified atom stereocenters. The van der Waals surface area contributed by atoms with Crippen molar-refractivity contribution in [2.75, 3.05) is 11.9 Å². The second-order valence-electron chi connectivity index (χ2n) is 4.61. The summed E-state index contributed by atoms with van der Waals surface area (Å²) in [5.41, 5.74) is 9.05. The number of rotatable bonds is 5. The molecule has 0 heterocycles. The molecule has 1 atom stereocenters. The molecule has 0 radical (unpaired) electrons. The molecular weight excluding hydrogens is 228 g/mol. The maximum absolute atomic E-state index is 5.63. The van der Waals surface area contributed by atoms with Gasteiger partial charge in [-0.1, -0.05) is 25.6 Å². The molecule has 94 valence electrons. The first kappa shape index (κ1) is 14.0. The van der Waals surface area contributed by atoms with Crippen molar-refractivity contribution in [3.63, 3.8) is 0 Å². The Kier molecular flexibility index (Phi) is 4.94. The van der Waals surface area contributed by atoms with Crippen LogP contribution in [0.4, 0.5) is 5.69 Å². The van der Waals surface area contributed by atoms with E-state index in [2.05, 4.69) is 44.9 Å². The molecule has 0 fully saturated rings. The van der Waals surface area contributed by atoms with Crippen molar-refractivity contribution in [1.29, 1.82) is 0 Å². The summed E-state index contributed by atoms with van der Waals surface area (Å²) in [5, 5.41) is 0. The van der Waals surface area contributed by atoms with Crippen LogP contribution in [-0.2, 0) is 0 Å². The molecule has 17 heavy (non-hydrogen) atoms. The van der Waals surface area contributed by atoms with Crippen molar-refractivity contribution in [3.05, 3.63) is 29.3 Å². The van der Waals surface area contributed by atoms with Gasteiger partial charge in [-0.3, -0.25) is 0 Å². The van der Waals surface area contributed by atoms with Gasteiger partial charge in [0.05, 0.1) is 0 Å². The summed E-state index contributed by atoms with van der Waals surface area (Å²) in [6.45, 7) is 6.57. The maximum atomic E-state index is 5.63. The first-order valence-electron chi connectivity index (χ1n) is 6.10. The standard InChI is InChI=1S/C14H22N2S/c1-5-6-11(3)16(4)13-8-7-12(14(15)17)9-10(13)2/h7-9,11H,5-6H2,1-4H3,(H2,15,17). The molecule has 0 aliphatic rings. The third-order valence-corrected chi connectivity index (χ3v) is 3.46. The summed E-state index contributed by atoms with van der Waals surface area (Å²) >= 11 is 4.99. The summed E-state index contributed by atoms with van der Waals surface area (Å²) in [4.78, 5) is 2.78. The third-order valence-electron chi connectivity index (χ3n) is 3.23. The normalized spacial score (nSPS) is 12.2. The number of hydrogen-bond acceptors (Lipinski definition) is 2. The van der Waals surface area contributed by atoms with Gasteiger partial charge in [0.1, 0.15) is 4.99 Å². The van der Waals surface area contributed by atoms with Crippen molar-refractivity contribution < 1.29 is 0 Å². The fourth-order valence-corrected chi connectivity index (χ4v) is 2.18. The highest BCUT2D eigenvalue weighted by Crippen LogP contribution is 2.23. The summed E-state index contributed by atoms with van der Waals surface area (Å²) in [5.74, 6) is 0. The van der Waals surface area contributed by atoms with E-state index in [4.69, 9.17) is 18.0 Å². The minimum absolute atomic E-state index is 0.462. The molecule has 0 amide bonds. The Morgan fingerprint density at radius 3 is 2.59 bits per heavy atom. The number of anilines is 1. The highest BCUT2D eigenvalue weighted by molar-refractivity contribution is 7.80. The lowest BCUT2D eigenvalue weighted by atomic mass is 10.1. The number of thiocarbonyl (C=S) groups is 1. The van der Waals surface area contributed by atoms with Gasteiger partial charge in [0.25, 0.3) is 0 Å². The van der Waals surface area contributed by atoms with Gasteiger partial charge in [0.15, 0.2) is 0 Å². The lowest BCUT2D eigenvalue weighted by Gasteiger charge is -2.28. The molecule has 0 saturated carbocycles. The highest BCUT2D eigenvalue weighted by atomic mass is 32.1. The van der Waals surface area contributed by atoms with E-state index in [1.54, 1.807) is 0 Å². The number of hydrogen-bond donors (Lipinski definition) is 1. The zero-order valence-corrected chi connectivity index (χ0v) is 12.0. The average molecular weight is 250 g/mol. The Morgan fingerprint density at radius 1 is 1.47 bits per heavy atom. The molecule has 0 aliphatic carbocycles. The van der Waals surface area contributed by atoms with E-state index in [-0.39, 0.29) is 0 Å². The molecule has 0 spiro atoms. The number of nitrogens with zero attached hydrogens (tertiary/aromatic N) is 1. The molecule has 1 aromatic rings. The van der Waals surface area contributed by atoms with Crippen LogP contribution in [0.1, 0.15) is 37.8 Å².